The zero-order valence-electron chi connectivity index (χ0n) is 20.5. The number of anilines is 2. The summed E-state index contributed by atoms with van der Waals surface area (Å²) in [6, 6.07) is 20.5. The molecule has 0 spiro atoms. The van der Waals surface area contributed by atoms with Crippen molar-refractivity contribution in [2.24, 2.45) is 0 Å². The summed E-state index contributed by atoms with van der Waals surface area (Å²) in [7, 11) is 0. The molecule has 0 unspecified atom stereocenters. The van der Waals surface area contributed by atoms with Gasteiger partial charge in [0.1, 0.15) is 0 Å². The number of hydrogen-bond donors (Lipinski definition) is 0. The van der Waals surface area contributed by atoms with E-state index < -0.39 is 0 Å². The molecule has 3 amide bonds. The number of carbonyl (C=O) groups excluding carboxylic acids is 3. The Morgan fingerprint density at radius 2 is 1.66 bits per heavy atom. The minimum Gasteiger partial charge on any atom is -0.284 e. The smallest absolute Gasteiger partial charge is 0.266 e. The molecule has 0 saturated carbocycles. The van der Waals surface area contributed by atoms with Crippen LogP contribution >= 0.6 is 23.1 Å². The summed E-state index contributed by atoms with van der Waals surface area (Å²) in [6.45, 7) is 0. The van der Waals surface area contributed by atoms with E-state index in [9.17, 15) is 14.4 Å². The number of benzene rings is 3. The van der Waals surface area contributed by atoms with Crippen LogP contribution in [-0.4, -0.2) is 28.5 Å². The number of imide groups is 1. The number of nitrogens with zero attached hydrogens (tertiary/aromatic N) is 3. The van der Waals surface area contributed by atoms with Crippen LogP contribution in [0, 0.1) is 0 Å². The number of thiazole rings is 1. The van der Waals surface area contributed by atoms with Crippen molar-refractivity contribution >= 4 is 62.4 Å². The molecule has 8 heteroatoms. The summed E-state index contributed by atoms with van der Waals surface area (Å²) in [6.07, 6.45) is 5.25. The summed E-state index contributed by atoms with van der Waals surface area (Å²) in [5.74, 6) is -0.265. The van der Waals surface area contributed by atoms with Crippen molar-refractivity contribution in [2.45, 2.75) is 36.4 Å². The molecule has 1 aliphatic carbocycles. The minimum absolute atomic E-state index is 0.0718. The number of carbonyl (C=O) groups is 3. The largest absolute Gasteiger partial charge is 0.284 e. The van der Waals surface area contributed by atoms with Gasteiger partial charge in [0.05, 0.1) is 38.5 Å². The fourth-order valence-electron chi connectivity index (χ4n) is 5.66. The van der Waals surface area contributed by atoms with Crippen molar-refractivity contribution < 1.29 is 14.4 Å². The van der Waals surface area contributed by atoms with Crippen LogP contribution in [0.4, 0.5) is 11.4 Å². The Hall–Kier alpha value is -3.75. The zero-order valence-corrected chi connectivity index (χ0v) is 22.1. The molecule has 0 saturated heterocycles. The Labute approximate surface area is 228 Å². The molecule has 3 heterocycles. The van der Waals surface area contributed by atoms with E-state index in [-0.39, 0.29) is 23.5 Å². The predicted molar refractivity (Wildman–Crippen MR) is 151 cm³/mol. The molecule has 6 nitrogen and oxygen atoms in total. The molecule has 0 radical (unpaired) electrons. The first kappa shape index (κ1) is 23.4. The van der Waals surface area contributed by atoms with Gasteiger partial charge < -0.3 is 0 Å². The third-order valence-corrected chi connectivity index (χ3v) is 9.58. The lowest BCUT2D eigenvalue weighted by Gasteiger charge is -2.36. The number of para-hydroxylation sites is 1. The minimum atomic E-state index is -0.312. The fraction of sp³-hybridized carbons (Fsp3) is 0.200. The summed E-state index contributed by atoms with van der Waals surface area (Å²) in [4.78, 5) is 47.3. The van der Waals surface area contributed by atoms with Crippen LogP contribution in [0.5, 0.6) is 0 Å². The van der Waals surface area contributed by atoms with E-state index >= 15 is 0 Å². The van der Waals surface area contributed by atoms with E-state index in [1.807, 2.05) is 29.2 Å². The molecule has 3 aliphatic rings. The number of rotatable bonds is 4. The number of amides is 3. The highest BCUT2D eigenvalue weighted by Gasteiger charge is 2.36. The van der Waals surface area contributed by atoms with E-state index in [2.05, 4.69) is 12.1 Å². The Bertz CT molecular complexity index is 1650. The molecule has 0 N–H and O–H groups in total. The molecule has 38 heavy (non-hydrogen) atoms. The maximum Gasteiger partial charge on any atom is 0.266 e. The maximum atomic E-state index is 13.6. The van der Waals surface area contributed by atoms with Crippen LogP contribution in [0.1, 0.15) is 52.0 Å². The second-order valence-corrected chi connectivity index (χ2v) is 12.0. The summed E-state index contributed by atoms with van der Waals surface area (Å²) < 4.78 is 1.66. The van der Waals surface area contributed by atoms with Gasteiger partial charge in [0.25, 0.3) is 11.8 Å². The van der Waals surface area contributed by atoms with Crippen LogP contribution in [0.2, 0.25) is 0 Å². The standard InChI is InChI=1S/C30H23N3O3S2/c34-27(33-24-11-5-1-7-18(24)15-19-8-2-6-12-25(19)33)17-37-30-31-23-14-13-20(16-26(23)38-30)32-28(35)21-9-3-4-10-22(21)29(32)36/h1,3-5,7,9-11,13-14,16H,2,6,8,12,15,17H2. The van der Waals surface area contributed by atoms with E-state index in [1.165, 1.54) is 51.3 Å². The first-order valence-corrected chi connectivity index (χ1v) is 14.5. The van der Waals surface area contributed by atoms with Gasteiger partial charge in [-0.25, -0.2) is 9.88 Å². The molecular weight excluding hydrogens is 514 g/mol. The van der Waals surface area contributed by atoms with Gasteiger partial charge in [0.2, 0.25) is 5.91 Å². The number of thioether (sulfide) groups is 1. The monoisotopic (exact) mass is 537 g/mol. The average Bonchev–Trinajstić information content (AvgIpc) is 3.47. The molecule has 4 aromatic rings. The van der Waals surface area contributed by atoms with Crippen LogP contribution in [0.15, 0.2) is 82.3 Å². The highest BCUT2D eigenvalue weighted by atomic mass is 32.2. The van der Waals surface area contributed by atoms with Gasteiger partial charge in [0, 0.05) is 5.70 Å². The van der Waals surface area contributed by atoms with Gasteiger partial charge in [0.15, 0.2) is 4.34 Å². The van der Waals surface area contributed by atoms with Crippen molar-refractivity contribution in [3.8, 4) is 0 Å². The summed E-state index contributed by atoms with van der Waals surface area (Å²) in [5.41, 5.74) is 6.97. The average molecular weight is 538 g/mol. The van der Waals surface area contributed by atoms with Gasteiger partial charge in [-0.1, -0.05) is 42.1 Å². The van der Waals surface area contributed by atoms with Gasteiger partial charge in [-0.05, 0) is 79.6 Å². The second kappa shape index (κ2) is 9.22. The SMILES string of the molecule is O=C1c2ccccc2C(=O)N1c1ccc2nc(SCC(=O)N3C4=C(CCCC4)Cc4ccccc43)sc2c1. The van der Waals surface area contributed by atoms with Crippen molar-refractivity contribution in [3.63, 3.8) is 0 Å². The number of fused-ring (bicyclic) bond motifs is 3. The van der Waals surface area contributed by atoms with Crippen LogP contribution in [0.25, 0.3) is 10.2 Å². The van der Waals surface area contributed by atoms with E-state index in [0.29, 0.717) is 16.8 Å². The Balaban J connectivity index is 1.12. The summed E-state index contributed by atoms with van der Waals surface area (Å²) in [5, 5.41) is 0. The predicted octanol–water partition coefficient (Wildman–Crippen LogP) is 6.61. The Morgan fingerprint density at radius 3 is 2.47 bits per heavy atom. The second-order valence-electron chi connectivity index (χ2n) is 9.70. The molecule has 0 bridgehead atoms. The lowest BCUT2D eigenvalue weighted by molar-refractivity contribution is -0.115. The highest BCUT2D eigenvalue weighted by molar-refractivity contribution is 8.01. The highest BCUT2D eigenvalue weighted by Crippen LogP contribution is 2.41. The normalized spacial score (nSPS) is 16.6. The molecule has 188 valence electrons. The topological polar surface area (TPSA) is 70.6 Å². The number of hydrogen-bond acceptors (Lipinski definition) is 6. The quantitative estimate of drug-likeness (QED) is 0.217. The molecule has 0 atom stereocenters. The first-order valence-electron chi connectivity index (χ1n) is 12.7. The van der Waals surface area contributed by atoms with E-state index in [0.717, 1.165) is 45.9 Å². The third-order valence-electron chi connectivity index (χ3n) is 7.43. The van der Waals surface area contributed by atoms with Crippen LogP contribution < -0.4 is 9.80 Å². The lowest BCUT2D eigenvalue weighted by atomic mass is 9.86. The molecule has 0 fully saturated rings. The van der Waals surface area contributed by atoms with E-state index in [4.69, 9.17) is 4.98 Å². The first-order chi connectivity index (χ1) is 18.6. The molecule has 3 aromatic carbocycles. The van der Waals surface area contributed by atoms with Crippen molar-refractivity contribution in [2.75, 3.05) is 15.6 Å². The molecule has 2 aliphatic heterocycles. The Kier molecular flexibility index (Phi) is 5.67. The van der Waals surface area contributed by atoms with Crippen LogP contribution in [-0.2, 0) is 11.2 Å². The third kappa shape index (κ3) is 3.78. The lowest BCUT2D eigenvalue weighted by Crippen LogP contribution is -2.36. The number of allylic oxidation sites excluding steroid dienone is 2. The maximum absolute atomic E-state index is 13.6. The van der Waals surface area contributed by atoms with Crippen molar-refractivity contribution in [3.05, 3.63) is 94.7 Å². The van der Waals surface area contributed by atoms with Crippen LogP contribution in [0.3, 0.4) is 0 Å². The van der Waals surface area contributed by atoms with Gasteiger partial charge in [-0.3, -0.25) is 19.3 Å². The van der Waals surface area contributed by atoms with Gasteiger partial charge in [-0.15, -0.1) is 11.3 Å². The number of aromatic nitrogens is 1. The van der Waals surface area contributed by atoms with Gasteiger partial charge in [-0.2, -0.15) is 0 Å². The Morgan fingerprint density at radius 1 is 0.921 bits per heavy atom. The van der Waals surface area contributed by atoms with E-state index in [1.54, 1.807) is 30.3 Å². The van der Waals surface area contributed by atoms with Crippen molar-refractivity contribution in [1.82, 2.24) is 4.98 Å². The summed E-state index contributed by atoms with van der Waals surface area (Å²) >= 11 is 2.91. The zero-order chi connectivity index (χ0) is 25.8. The fourth-order valence-corrected chi connectivity index (χ4v) is 7.61. The van der Waals surface area contributed by atoms with Crippen molar-refractivity contribution in [1.29, 1.82) is 0 Å². The molecular formula is C30H23N3O3S2. The molecule has 7 rings (SSSR count). The molecule has 1 aromatic heterocycles. The van der Waals surface area contributed by atoms with Gasteiger partial charge >= 0.3 is 0 Å².